The van der Waals surface area contributed by atoms with E-state index in [4.69, 9.17) is 0 Å². The van der Waals surface area contributed by atoms with Crippen molar-refractivity contribution >= 4 is 38.4 Å². The molecule has 2 aliphatic heterocycles. The monoisotopic (exact) mass is 366 g/mol. The minimum Gasteiger partial charge on any atom is -0.315 e. The van der Waals surface area contributed by atoms with Gasteiger partial charge in [-0.1, -0.05) is 50.7 Å². The highest BCUT2D eigenvalue weighted by atomic mass is 32.2. The van der Waals surface area contributed by atoms with Crippen molar-refractivity contribution in [2.45, 2.75) is 38.5 Å². The molecule has 0 radical (unpaired) electrons. The summed E-state index contributed by atoms with van der Waals surface area (Å²) >= 11 is 1.43. The molecule has 1 amide bonds. The number of amides is 1. The van der Waals surface area contributed by atoms with Gasteiger partial charge in [0.2, 0.25) is 0 Å². The second-order valence-electron chi connectivity index (χ2n) is 6.54. The summed E-state index contributed by atoms with van der Waals surface area (Å²) in [5.74, 6) is -0.0653. The highest BCUT2D eigenvalue weighted by Gasteiger charge is 2.49. The summed E-state index contributed by atoms with van der Waals surface area (Å²) in [6, 6.07) is 7.80. The van der Waals surface area contributed by atoms with Crippen LogP contribution in [-0.2, 0) is 21.1 Å². The van der Waals surface area contributed by atoms with Crippen LogP contribution in [-0.4, -0.2) is 42.3 Å². The minimum absolute atomic E-state index is 0.0568. The molecule has 0 aliphatic carbocycles. The first-order valence-electron chi connectivity index (χ1n) is 8.19. The predicted octanol–water partition coefficient (Wildman–Crippen LogP) is 2.51. The second kappa shape index (κ2) is 6.52. The van der Waals surface area contributed by atoms with Gasteiger partial charge in [0.05, 0.1) is 17.5 Å². The van der Waals surface area contributed by atoms with Crippen molar-refractivity contribution in [1.82, 2.24) is 0 Å². The van der Waals surface area contributed by atoms with Gasteiger partial charge in [-0.3, -0.25) is 4.79 Å². The summed E-state index contributed by atoms with van der Waals surface area (Å²) in [6.07, 6.45) is 0.840. The molecule has 0 unspecified atom stereocenters. The number of rotatable bonds is 3. The number of aryl methyl sites for hydroxylation is 1. The van der Waals surface area contributed by atoms with Crippen LogP contribution < -0.4 is 4.90 Å². The smallest absolute Gasteiger partial charge is 0.250 e. The molecular formula is C17H22N2O3S2. The van der Waals surface area contributed by atoms with Crippen molar-refractivity contribution in [1.29, 1.82) is 0 Å². The van der Waals surface area contributed by atoms with Crippen LogP contribution in [0.3, 0.4) is 0 Å². The Morgan fingerprint density at radius 1 is 1.33 bits per heavy atom. The summed E-state index contributed by atoms with van der Waals surface area (Å²) in [7, 11) is -3.04. The zero-order valence-electron chi connectivity index (χ0n) is 14.1. The number of nitrogens with zero attached hydrogens (tertiary/aromatic N) is 2. The van der Waals surface area contributed by atoms with Gasteiger partial charge in [-0.25, -0.2) is 8.42 Å². The van der Waals surface area contributed by atoms with E-state index < -0.39 is 9.84 Å². The van der Waals surface area contributed by atoms with Crippen LogP contribution in [0, 0.1) is 5.92 Å². The molecule has 2 fully saturated rings. The van der Waals surface area contributed by atoms with E-state index in [9.17, 15) is 13.2 Å². The van der Waals surface area contributed by atoms with Crippen LogP contribution in [0.1, 0.15) is 26.3 Å². The number of benzene rings is 1. The maximum Gasteiger partial charge on any atom is 0.250 e. The van der Waals surface area contributed by atoms with Crippen LogP contribution in [0.25, 0.3) is 0 Å². The Hall–Kier alpha value is -1.34. The number of para-hydroxylation sites is 1. The zero-order chi connectivity index (χ0) is 17.5. The quantitative estimate of drug-likeness (QED) is 0.822. The first-order chi connectivity index (χ1) is 11.3. The minimum atomic E-state index is -3.04. The fourth-order valence-corrected chi connectivity index (χ4v) is 7.03. The van der Waals surface area contributed by atoms with E-state index in [1.807, 2.05) is 43.0 Å². The van der Waals surface area contributed by atoms with E-state index in [0.717, 1.165) is 17.7 Å². The Bertz CT molecular complexity index is 787. The number of anilines is 1. The van der Waals surface area contributed by atoms with Gasteiger partial charge in [0.15, 0.2) is 15.0 Å². The van der Waals surface area contributed by atoms with E-state index in [1.165, 1.54) is 11.8 Å². The van der Waals surface area contributed by atoms with E-state index in [2.05, 4.69) is 11.9 Å². The SMILES string of the molecule is CCc1ccccc1N1C(=NC(=O)C(C)C)S[C@@H]2CS(=O)(=O)C[C@H]21. The number of carbonyl (C=O) groups is 1. The van der Waals surface area contributed by atoms with Gasteiger partial charge in [-0.05, 0) is 18.1 Å². The number of fused-ring (bicyclic) bond motifs is 1. The molecule has 0 N–H and O–H groups in total. The van der Waals surface area contributed by atoms with Crippen molar-refractivity contribution < 1.29 is 13.2 Å². The molecule has 0 bridgehead atoms. The summed E-state index contributed by atoms with van der Waals surface area (Å²) in [5.41, 5.74) is 2.10. The summed E-state index contributed by atoms with van der Waals surface area (Å²) in [5, 5.41) is 0.582. The van der Waals surface area contributed by atoms with Gasteiger partial charge in [0.1, 0.15) is 0 Å². The first kappa shape index (κ1) is 17.5. The van der Waals surface area contributed by atoms with E-state index in [0.29, 0.717) is 5.17 Å². The summed E-state index contributed by atoms with van der Waals surface area (Å²) in [6.45, 7) is 5.71. The number of carbonyl (C=O) groups excluding carboxylic acids is 1. The van der Waals surface area contributed by atoms with Crippen molar-refractivity contribution in [3.63, 3.8) is 0 Å². The lowest BCUT2D eigenvalue weighted by Gasteiger charge is -2.26. The van der Waals surface area contributed by atoms with Gasteiger partial charge in [-0.15, -0.1) is 0 Å². The molecule has 2 saturated heterocycles. The third-order valence-electron chi connectivity index (χ3n) is 4.40. The first-order valence-corrected chi connectivity index (χ1v) is 10.9. The molecule has 2 atom stereocenters. The largest absolute Gasteiger partial charge is 0.315 e. The Morgan fingerprint density at radius 3 is 2.71 bits per heavy atom. The van der Waals surface area contributed by atoms with E-state index in [-0.39, 0.29) is 34.6 Å². The molecule has 0 aromatic heterocycles. The number of hydrogen-bond donors (Lipinski definition) is 0. The third kappa shape index (κ3) is 3.24. The maximum absolute atomic E-state index is 12.1. The van der Waals surface area contributed by atoms with Crippen LogP contribution >= 0.6 is 11.8 Å². The Labute approximate surface area is 147 Å². The van der Waals surface area contributed by atoms with E-state index >= 15 is 0 Å². The van der Waals surface area contributed by atoms with E-state index in [1.54, 1.807) is 0 Å². The fraction of sp³-hybridized carbons (Fsp3) is 0.529. The molecule has 5 nitrogen and oxygen atoms in total. The number of sulfone groups is 1. The van der Waals surface area contributed by atoms with Gasteiger partial charge < -0.3 is 4.90 Å². The van der Waals surface area contributed by atoms with Crippen LogP contribution in [0.4, 0.5) is 5.69 Å². The van der Waals surface area contributed by atoms with Crippen molar-refractivity contribution in [3.8, 4) is 0 Å². The Kier molecular flexibility index (Phi) is 4.75. The molecule has 2 heterocycles. The van der Waals surface area contributed by atoms with Gasteiger partial charge >= 0.3 is 0 Å². The lowest BCUT2D eigenvalue weighted by molar-refractivity contribution is -0.120. The molecule has 0 spiro atoms. The van der Waals surface area contributed by atoms with Crippen molar-refractivity contribution in [2.75, 3.05) is 16.4 Å². The molecule has 3 rings (SSSR count). The van der Waals surface area contributed by atoms with Crippen molar-refractivity contribution in [2.24, 2.45) is 10.9 Å². The predicted molar refractivity (Wildman–Crippen MR) is 99.4 cm³/mol. The second-order valence-corrected chi connectivity index (χ2v) is 9.90. The molecule has 7 heteroatoms. The normalized spacial score (nSPS) is 27.0. The van der Waals surface area contributed by atoms with Crippen LogP contribution in [0.15, 0.2) is 29.3 Å². The van der Waals surface area contributed by atoms with Crippen LogP contribution in [0.5, 0.6) is 0 Å². The highest BCUT2D eigenvalue weighted by Crippen LogP contribution is 2.42. The average molecular weight is 367 g/mol. The van der Waals surface area contributed by atoms with Crippen molar-refractivity contribution in [3.05, 3.63) is 29.8 Å². The lowest BCUT2D eigenvalue weighted by atomic mass is 10.1. The van der Waals surface area contributed by atoms with Gasteiger partial charge in [-0.2, -0.15) is 4.99 Å². The molecular weight excluding hydrogens is 344 g/mol. The molecule has 0 saturated carbocycles. The zero-order valence-corrected chi connectivity index (χ0v) is 15.7. The topological polar surface area (TPSA) is 66.8 Å². The molecule has 1 aromatic carbocycles. The third-order valence-corrected chi connectivity index (χ3v) is 7.61. The van der Waals surface area contributed by atoms with Crippen LogP contribution in [0.2, 0.25) is 0 Å². The molecule has 130 valence electrons. The molecule has 24 heavy (non-hydrogen) atoms. The average Bonchev–Trinajstić information content (AvgIpc) is 2.98. The van der Waals surface area contributed by atoms with Gasteiger partial charge in [0.25, 0.3) is 5.91 Å². The Morgan fingerprint density at radius 2 is 2.04 bits per heavy atom. The maximum atomic E-state index is 12.1. The lowest BCUT2D eigenvalue weighted by Crippen LogP contribution is -2.38. The summed E-state index contributed by atoms with van der Waals surface area (Å²) < 4.78 is 24.1. The number of hydrogen-bond acceptors (Lipinski definition) is 4. The molecule has 1 aromatic rings. The highest BCUT2D eigenvalue weighted by molar-refractivity contribution is 8.16. The summed E-state index contributed by atoms with van der Waals surface area (Å²) in [4.78, 5) is 18.4. The van der Waals surface area contributed by atoms with Gasteiger partial charge in [0, 0.05) is 16.9 Å². The Balaban J connectivity index is 2.06. The number of aliphatic imine (C=N–C) groups is 1. The number of amidine groups is 1. The standard InChI is InChI=1S/C17H22N2O3S2/c1-4-12-7-5-6-8-13(12)19-14-9-24(21,22)10-15(14)23-17(19)18-16(20)11(2)3/h5-8,11,14-15H,4,9-10H2,1-3H3/t14-,15-/m1/s1. The molecule has 2 aliphatic rings. The fourth-order valence-electron chi connectivity index (χ4n) is 3.11. The number of thioether (sulfide) groups is 1.